The fourth-order valence-corrected chi connectivity index (χ4v) is 2.27. The van der Waals surface area contributed by atoms with Gasteiger partial charge in [-0.2, -0.15) is 0 Å². The number of carbonyl (C=O) groups excluding carboxylic acids is 3. The van der Waals surface area contributed by atoms with Crippen molar-refractivity contribution in [3.05, 3.63) is 0 Å². The van der Waals surface area contributed by atoms with E-state index in [0.717, 1.165) is 19.4 Å². The lowest BCUT2D eigenvalue weighted by atomic mass is 9.98. The number of nitrogens with one attached hydrogen (secondary N) is 2. The molecule has 120 valence electrons. The van der Waals surface area contributed by atoms with Gasteiger partial charge in [-0.05, 0) is 25.3 Å². The summed E-state index contributed by atoms with van der Waals surface area (Å²) in [6, 6.07) is -0.477. The molecule has 21 heavy (non-hydrogen) atoms. The summed E-state index contributed by atoms with van der Waals surface area (Å²) in [7, 11) is 1.37. The molecule has 7 heteroatoms. The van der Waals surface area contributed by atoms with Crippen LogP contribution in [0.1, 0.15) is 26.7 Å². The molecule has 2 N–H and O–H groups in total. The summed E-state index contributed by atoms with van der Waals surface area (Å²) in [5, 5.41) is 4.92. The largest absolute Gasteiger partial charge is 0.469 e. The molecule has 7 nitrogen and oxygen atoms in total. The number of ether oxygens (including phenoxy) is 1. The third-order valence-corrected chi connectivity index (χ3v) is 3.33. The van der Waals surface area contributed by atoms with Gasteiger partial charge in [0.15, 0.2) is 0 Å². The van der Waals surface area contributed by atoms with Crippen LogP contribution in [0.25, 0.3) is 0 Å². The van der Waals surface area contributed by atoms with E-state index in [1.54, 1.807) is 0 Å². The molecule has 1 atom stereocenters. The van der Waals surface area contributed by atoms with Gasteiger partial charge in [0, 0.05) is 13.1 Å². The van der Waals surface area contributed by atoms with Crippen LogP contribution in [0, 0.1) is 11.8 Å². The molecule has 1 saturated heterocycles. The summed E-state index contributed by atoms with van der Waals surface area (Å²) in [6.07, 6.45) is 1.62. The lowest BCUT2D eigenvalue weighted by molar-refractivity contribution is -0.147. The molecule has 1 unspecified atom stereocenters. The van der Waals surface area contributed by atoms with Crippen LogP contribution < -0.4 is 10.6 Å². The zero-order valence-corrected chi connectivity index (χ0v) is 13.0. The number of rotatable bonds is 5. The van der Waals surface area contributed by atoms with Crippen molar-refractivity contribution in [1.82, 2.24) is 15.5 Å². The van der Waals surface area contributed by atoms with Crippen molar-refractivity contribution in [3.8, 4) is 0 Å². The van der Waals surface area contributed by atoms with E-state index < -0.39 is 6.03 Å². The molecule has 1 aliphatic heterocycles. The standard InChI is InChI=1S/C14H25N3O4/c1-10(2)7-15-14(20)16-12(18)9-17-6-4-5-11(8-17)13(19)21-3/h10-11H,4-9H2,1-3H3,(H2,15,16,18,20). The SMILES string of the molecule is COC(=O)C1CCCN(CC(=O)NC(=O)NCC(C)C)C1. The van der Waals surface area contributed by atoms with Crippen LogP contribution >= 0.6 is 0 Å². The normalized spacial score (nSPS) is 19.1. The van der Waals surface area contributed by atoms with Gasteiger partial charge in [0.05, 0.1) is 19.6 Å². The second kappa shape index (κ2) is 8.61. The highest BCUT2D eigenvalue weighted by atomic mass is 16.5. The molecular formula is C14H25N3O4. The second-order valence-corrected chi connectivity index (χ2v) is 5.75. The molecule has 0 bridgehead atoms. The maximum absolute atomic E-state index is 11.8. The van der Waals surface area contributed by atoms with Crippen LogP contribution in [-0.4, -0.2) is 56.1 Å². The summed E-state index contributed by atoms with van der Waals surface area (Å²) in [6.45, 7) is 5.82. The van der Waals surface area contributed by atoms with Gasteiger partial charge in [0.2, 0.25) is 5.91 Å². The summed E-state index contributed by atoms with van der Waals surface area (Å²) < 4.78 is 4.73. The Bertz CT molecular complexity index is 384. The Hall–Kier alpha value is -1.63. The summed E-state index contributed by atoms with van der Waals surface area (Å²) in [5.41, 5.74) is 0. The Labute approximate surface area is 125 Å². The fraction of sp³-hybridized carbons (Fsp3) is 0.786. The van der Waals surface area contributed by atoms with Crippen LogP contribution in [0.4, 0.5) is 4.79 Å². The number of amides is 3. The van der Waals surface area contributed by atoms with Crippen molar-refractivity contribution in [2.45, 2.75) is 26.7 Å². The van der Waals surface area contributed by atoms with Gasteiger partial charge in [0.25, 0.3) is 0 Å². The maximum atomic E-state index is 11.8. The van der Waals surface area contributed by atoms with Crippen molar-refractivity contribution in [2.75, 3.05) is 33.3 Å². The Balaban J connectivity index is 2.33. The molecule has 0 spiro atoms. The Morgan fingerprint density at radius 3 is 2.67 bits per heavy atom. The van der Waals surface area contributed by atoms with Gasteiger partial charge in [-0.25, -0.2) is 4.79 Å². The van der Waals surface area contributed by atoms with Crippen LogP contribution in [0.2, 0.25) is 0 Å². The van der Waals surface area contributed by atoms with Crippen LogP contribution in [0.5, 0.6) is 0 Å². The number of urea groups is 1. The molecule has 1 aliphatic rings. The van der Waals surface area contributed by atoms with E-state index in [4.69, 9.17) is 4.74 Å². The van der Waals surface area contributed by atoms with Crippen molar-refractivity contribution in [2.24, 2.45) is 11.8 Å². The predicted molar refractivity (Wildman–Crippen MR) is 77.6 cm³/mol. The van der Waals surface area contributed by atoms with Gasteiger partial charge in [0.1, 0.15) is 0 Å². The fourth-order valence-electron chi connectivity index (χ4n) is 2.27. The van der Waals surface area contributed by atoms with E-state index in [2.05, 4.69) is 10.6 Å². The van der Waals surface area contributed by atoms with E-state index in [-0.39, 0.29) is 24.3 Å². The summed E-state index contributed by atoms with van der Waals surface area (Å²) >= 11 is 0. The monoisotopic (exact) mass is 299 g/mol. The van der Waals surface area contributed by atoms with E-state index in [1.807, 2.05) is 18.7 Å². The average molecular weight is 299 g/mol. The minimum absolute atomic E-state index is 0.114. The smallest absolute Gasteiger partial charge is 0.321 e. The minimum Gasteiger partial charge on any atom is -0.469 e. The number of imide groups is 1. The molecule has 0 aromatic rings. The highest BCUT2D eigenvalue weighted by molar-refractivity contribution is 5.95. The molecule has 0 aromatic heterocycles. The number of nitrogens with zero attached hydrogens (tertiary/aromatic N) is 1. The maximum Gasteiger partial charge on any atom is 0.321 e. The first kappa shape index (κ1) is 17.4. The zero-order valence-electron chi connectivity index (χ0n) is 13.0. The first-order chi connectivity index (χ1) is 9.92. The van der Waals surface area contributed by atoms with Crippen LogP contribution in [0.15, 0.2) is 0 Å². The Morgan fingerprint density at radius 2 is 2.05 bits per heavy atom. The Morgan fingerprint density at radius 1 is 1.33 bits per heavy atom. The quantitative estimate of drug-likeness (QED) is 0.715. The van der Waals surface area contributed by atoms with Gasteiger partial charge in [-0.3, -0.25) is 19.8 Å². The predicted octanol–water partition coefficient (Wildman–Crippen LogP) is 0.353. The third-order valence-electron chi connectivity index (χ3n) is 3.33. The van der Waals surface area contributed by atoms with Gasteiger partial charge < -0.3 is 10.1 Å². The number of piperidine rings is 1. The van der Waals surface area contributed by atoms with Crippen molar-refractivity contribution in [1.29, 1.82) is 0 Å². The topological polar surface area (TPSA) is 87.7 Å². The van der Waals surface area contributed by atoms with Crippen molar-refractivity contribution in [3.63, 3.8) is 0 Å². The van der Waals surface area contributed by atoms with Crippen molar-refractivity contribution >= 4 is 17.9 Å². The zero-order chi connectivity index (χ0) is 15.8. The molecule has 0 radical (unpaired) electrons. The van der Waals surface area contributed by atoms with E-state index in [1.165, 1.54) is 7.11 Å². The van der Waals surface area contributed by atoms with Gasteiger partial charge in [-0.15, -0.1) is 0 Å². The minimum atomic E-state index is -0.477. The molecule has 0 aliphatic carbocycles. The first-order valence-electron chi connectivity index (χ1n) is 7.30. The lowest BCUT2D eigenvalue weighted by Crippen LogP contribution is -2.48. The average Bonchev–Trinajstić information content (AvgIpc) is 2.44. The number of methoxy groups -OCH3 is 1. The molecule has 1 rings (SSSR count). The molecule has 0 aromatic carbocycles. The molecule has 1 heterocycles. The number of likely N-dealkylation sites (tertiary alicyclic amines) is 1. The summed E-state index contributed by atoms with van der Waals surface area (Å²) in [5.74, 6) is -0.461. The molecule has 1 fully saturated rings. The first-order valence-corrected chi connectivity index (χ1v) is 7.30. The lowest BCUT2D eigenvalue weighted by Gasteiger charge is -2.30. The number of esters is 1. The number of hydrogen-bond acceptors (Lipinski definition) is 5. The van der Waals surface area contributed by atoms with Gasteiger partial charge in [-0.1, -0.05) is 13.8 Å². The third kappa shape index (κ3) is 6.57. The van der Waals surface area contributed by atoms with Crippen LogP contribution in [0.3, 0.4) is 0 Å². The molecule has 3 amide bonds. The molecule has 0 saturated carbocycles. The van der Waals surface area contributed by atoms with E-state index in [0.29, 0.717) is 19.0 Å². The molecular weight excluding hydrogens is 274 g/mol. The van der Waals surface area contributed by atoms with Gasteiger partial charge >= 0.3 is 12.0 Å². The number of carbonyl (C=O) groups is 3. The van der Waals surface area contributed by atoms with Crippen molar-refractivity contribution < 1.29 is 19.1 Å². The highest BCUT2D eigenvalue weighted by Crippen LogP contribution is 2.17. The van der Waals surface area contributed by atoms with E-state index >= 15 is 0 Å². The summed E-state index contributed by atoms with van der Waals surface area (Å²) in [4.78, 5) is 36.6. The highest BCUT2D eigenvalue weighted by Gasteiger charge is 2.27. The van der Waals surface area contributed by atoms with E-state index in [9.17, 15) is 14.4 Å². The number of hydrogen-bond donors (Lipinski definition) is 2. The Kier molecular flexibility index (Phi) is 7.14. The van der Waals surface area contributed by atoms with Crippen LogP contribution in [-0.2, 0) is 14.3 Å². The second-order valence-electron chi connectivity index (χ2n) is 5.75.